The third-order valence-electron chi connectivity index (χ3n) is 5.30. The monoisotopic (exact) mass is 431 g/mol. The standard InChI is InChI=1S/C24H16F3N5/c25-24(26,27)17-2-1-3-18(11-17)32-22(29)9-6-16-13-30-20-7-4-14(10-19(20)23(16)32)15-5-8-21(28)31-12-15/h1-13,29H,(H2,28,31). The van der Waals surface area contributed by atoms with Crippen molar-refractivity contribution in [3.63, 3.8) is 0 Å². The number of nitrogens with two attached hydrogens (primary N) is 1. The van der Waals surface area contributed by atoms with Crippen LogP contribution >= 0.6 is 0 Å². The molecule has 0 unspecified atom stereocenters. The van der Waals surface area contributed by atoms with Crippen LogP contribution in [0.1, 0.15) is 5.56 Å². The first-order valence-electron chi connectivity index (χ1n) is 9.70. The number of aromatic nitrogens is 3. The van der Waals surface area contributed by atoms with E-state index in [1.54, 1.807) is 36.7 Å². The molecule has 0 spiro atoms. The molecular formula is C24H16F3N5. The second kappa shape index (κ2) is 7.19. The molecule has 0 aliphatic rings. The van der Waals surface area contributed by atoms with Crippen LogP contribution < -0.4 is 11.2 Å². The SMILES string of the molecule is N=c1ccc2cnc3ccc(-c4ccc(N)nc4)cc3c2n1-c1cccc(C(F)(F)F)c1. The highest BCUT2D eigenvalue weighted by molar-refractivity contribution is 6.05. The fraction of sp³-hybridized carbons (Fsp3) is 0.0417. The summed E-state index contributed by atoms with van der Waals surface area (Å²) in [5, 5.41) is 9.89. The van der Waals surface area contributed by atoms with E-state index in [4.69, 9.17) is 11.1 Å². The molecular weight excluding hydrogens is 415 g/mol. The van der Waals surface area contributed by atoms with Crippen molar-refractivity contribution in [1.82, 2.24) is 14.5 Å². The molecule has 5 nitrogen and oxygen atoms in total. The number of hydrogen-bond acceptors (Lipinski definition) is 4. The Kier molecular flexibility index (Phi) is 4.44. The van der Waals surface area contributed by atoms with Crippen LogP contribution in [0.25, 0.3) is 38.6 Å². The van der Waals surface area contributed by atoms with Crippen molar-refractivity contribution in [3.8, 4) is 16.8 Å². The van der Waals surface area contributed by atoms with Crippen molar-refractivity contribution in [3.05, 3.63) is 90.2 Å². The Labute approximate surface area is 180 Å². The summed E-state index contributed by atoms with van der Waals surface area (Å²) < 4.78 is 41.5. The van der Waals surface area contributed by atoms with Crippen LogP contribution in [0.4, 0.5) is 19.0 Å². The normalized spacial score (nSPS) is 11.8. The Bertz CT molecular complexity index is 1540. The van der Waals surface area contributed by atoms with Gasteiger partial charge in [-0.1, -0.05) is 12.1 Å². The van der Waals surface area contributed by atoms with Crippen LogP contribution in [0.15, 0.2) is 79.1 Å². The van der Waals surface area contributed by atoms with E-state index in [1.165, 1.54) is 10.6 Å². The van der Waals surface area contributed by atoms with Gasteiger partial charge in [-0.05, 0) is 60.2 Å². The number of nitrogens with zero attached hydrogens (tertiary/aromatic N) is 3. The molecule has 0 aliphatic carbocycles. The predicted molar refractivity (Wildman–Crippen MR) is 117 cm³/mol. The minimum Gasteiger partial charge on any atom is -0.384 e. The topological polar surface area (TPSA) is 80.6 Å². The third-order valence-corrected chi connectivity index (χ3v) is 5.30. The molecule has 0 amide bonds. The number of nitrogen functional groups attached to an aromatic ring is 1. The molecule has 0 radical (unpaired) electrons. The maximum Gasteiger partial charge on any atom is 0.416 e. The molecule has 0 fully saturated rings. The van der Waals surface area contributed by atoms with E-state index >= 15 is 0 Å². The zero-order chi connectivity index (χ0) is 22.5. The van der Waals surface area contributed by atoms with E-state index in [0.29, 0.717) is 27.6 Å². The predicted octanol–water partition coefficient (Wildman–Crippen LogP) is 5.32. The lowest BCUT2D eigenvalue weighted by Gasteiger charge is -2.16. The molecule has 2 aromatic carbocycles. The number of halogens is 3. The van der Waals surface area contributed by atoms with Gasteiger partial charge in [0.05, 0.1) is 16.6 Å². The van der Waals surface area contributed by atoms with Crippen LogP contribution in [-0.2, 0) is 6.18 Å². The number of pyridine rings is 3. The first-order valence-corrected chi connectivity index (χ1v) is 9.70. The first-order chi connectivity index (χ1) is 15.3. The largest absolute Gasteiger partial charge is 0.416 e. The van der Waals surface area contributed by atoms with Gasteiger partial charge < -0.3 is 5.73 Å². The lowest BCUT2D eigenvalue weighted by atomic mass is 10.0. The minimum absolute atomic E-state index is 0.0591. The average molecular weight is 431 g/mol. The number of rotatable bonds is 2. The van der Waals surface area contributed by atoms with Gasteiger partial charge in [0.25, 0.3) is 0 Å². The van der Waals surface area contributed by atoms with Gasteiger partial charge in [0.15, 0.2) is 0 Å². The molecule has 5 rings (SSSR count). The number of hydrogen-bond donors (Lipinski definition) is 2. The Balaban J connectivity index is 1.84. The van der Waals surface area contributed by atoms with Crippen LogP contribution in [0.5, 0.6) is 0 Å². The molecule has 0 saturated carbocycles. The number of benzene rings is 2. The maximum atomic E-state index is 13.3. The summed E-state index contributed by atoms with van der Waals surface area (Å²) in [4.78, 5) is 8.62. The molecule has 0 saturated heterocycles. The quantitative estimate of drug-likeness (QED) is 0.371. The molecule has 8 heteroatoms. The van der Waals surface area contributed by atoms with Gasteiger partial charge in [0, 0.05) is 34.4 Å². The van der Waals surface area contributed by atoms with Crippen LogP contribution in [0.3, 0.4) is 0 Å². The van der Waals surface area contributed by atoms with Gasteiger partial charge in [0.2, 0.25) is 0 Å². The van der Waals surface area contributed by atoms with Crippen molar-refractivity contribution < 1.29 is 13.2 Å². The Morgan fingerprint density at radius 3 is 2.41 bits per heavy atom. The van der Waals surface area contributed by atoms with Crippen molar-refractivity contribution in [1.29, 1.82) is 5.41 Å². The van der Waals surface area contributed by atoms with Gasteiger partial charge in [-0.2, -0.15) is 13.2 Å². The van der Waals surface area contributed by atoms with Gasteiger partial charge in [-0.15, -0.1) is 0 Å². The molecule has 3 aromatic heterocycles. The summed E-state index contributed by atoms with van der Waals surface area (Å²) in [5.74, 6) is 0.405. The highest BCUT2D eigenvalue weighted by Crippen LogP contribution is 2.32. The van der Waals surface area contributed by atoms with Crippen molar-refractivity contribution in [2.45, 2.75) is 6.18 Å². The molecule has 158 valence electrons. The number of nitrogens with one attached hydrogen (secondary N) is 1. The lowest BCUT2D eigenvalue weighted by molar-refractivity contribution is -0.137. The van der Waals surface area contributed by atoms with Gasteiger partial charge in [-0.3, -0.25) is 15.0 Å². The van der Waals surface area contributed by atoms with E-state index in [2.05, 4.69) is 9.97 Å². The van der Waals surface area contributed by atoms with E-state index < -0.39 is 11.7 Å². The van der Waals surface area contributed by atoms with Crippen LogP contribution in [0.2, 0.25) is 0 Å². The number of fused-ring (bicyclic) bond motifs is 3. The summed E-state index contributed by atoms with van der Waals surface area (Å²) in [5.41, 5.74) is 8.18. The number of alkyl halides is 3. The Hall–Kier alpha value is -4.20. The second-order valence-electron chi connectivity index (χ2n) is 7.37. The summed E-state index contributed by atoms with van der Waals surface area (Å²) in [7, 11) is 0. The van der Waals surface area contributed by atoms with Gasteiger partial charge in [-0.25, -0.2) is 4.98 Å². The van der Waals surface area contributed by atoms with Crippen molar-refractivity contribution >= 4 is 27.6 Å². The van der Waals surface area contributed by atoms with Crippen molar-refractivity contribution in [2.75, 3.05) is 5.73 Å². The molecule has 3 heterocycles. The summed E-state index contributed by atoms with van der Waals surface area (Å²) in [6, 6.07) is 17.5. The average Bonchev–Trinajstić information content (AvgIpc) is 2.78. The van der Waals surface area contributed by atoms with E-state index in [0.717, 1.165) is 23.3 Å². The lowest BCUT2D eigenvalue weighted by Crippen LogP contribution is -2.18. The van der Waals surface area contributed by atoms with E-state index in [9.17, 15) is 13.2 Å². The van der Waals surface area contributed by atoms with Gasteiger partial charge >= 0.3 is 6.18 Å². The number of anilines is 1. The van der Waals surface area contributed by atoms with E-state index in [-0.39, 0.29) is 11.2 Å². The van der Waals surface area contributed by atoms with Crippen LogP contribution in [-0.4, -0.2) is 14.5 Å². The zero-order valence-electron chi connectivity index (χ0n) is 16.6. The molecule has 3 N–H and O–H groups in total. The maximum absolute atomic E-state index is 13.3. The zero-order valence-corrected chi connectivity index (χ0v) is 16.6. The molecule has 32 heavy (non-hydrogen) atoms. The molecule has 0 aliphatic heterocycles. The Morgan fingerprint density at radius 2 is 1.66 bits per heavy atom. The first kappa shape index (κ1) is 19.7. The highest BCUT2D eigenvalue weighted by Gasteiger charge is 2.30. The fourth-order valence-electron chi connectivity index (χ4n) is 3.77. The summed E-state index contributed by atoms with van der Waals surface area (Å²) in [6.45, 7) is 0. The Morgan fingerprint density at radius 1 is 0.844 bits per heavy atom. The summed E-state index contributed by atoms with van der Waals surface area (Å²) in [6.07, 6.45) is -1.17. The minimum atomic E-state index is -4.48. The fourth-order valence-corrected chi connectivity index (χ4v) is 3.77. The van der Waals surface area contributed by atoms with Crippen LogP contribution in [0, 0.1) is 5.41 Å². The molecule has 5 aromatic rings. The van der Waals surface area contributed by atoms with E-state index in [1.807, 2.05) is 24.3 Å². The molecule has 0 bridgehead atoms. The second-order valence-corrected chi connectivity index (χ2v) is 7.37. The highest BCUT2D eigenvalue weighted by atomic mass is 19.4. The summed E-state index contributed by atoms with van der Waals surface area (Å²) >= 11 is 0. The third kappa shape index (κ3) is 3.35. The van der Waals surface area contributed by atoms with Gasteiger partial charge in [0.1, 0.15) is 11.3 Å². The van der Waals surface area contributed by atoms with Crippen molar-refractivity contribution in [2.24, 2.45) is 0 Å². The molecule has 0 atom stereocenters. The smallest absolute Gasteiger partial charge is 0.384 e.